The molecule has 1 amide bonds. The van der Waals surface area contributed by atoms with E-state index in [1.54, 1.807) is 4.90 Å². The standard InChI is InChI=1S/C8H13NO/c1-8(2,3)9-6-4-5-7(9)10/h4,6H,5H2,1-3H3. The SMILES string of the molecule is CC(C)(C)N1C=CCC1=O. The second-order valence-corrected chi connectivity index (χ2v) is 3.52. The summed E-state index contributed by atoms with van der Waals surface area (Å²) in [6, 6.07) is 0. The predicted molar refractivity (Wildman–Crippen MR) is 40.4 cm³/mol. The molecule has 1 aliphatic rings. The zero-order valence-electron chi connectivity index (χ0n) is 6.72. The first kappa shape index (κ1) is 7.32. The Bertz CT molecular complexity index is 176. The lowest BCUT2D eigenvalue weighted by Crippen LogP contribution is -2.39. The summed E-state index contributed by atoms with van der Waals surface area (Å²) in [6.45, 7) is 6.08. The highest BCUT2D eigenvalue weighted by Gasteiger charge is 2.26. The average Bonchev–Trinajstić information content (AvgIpc) is 2.11. The molecule has 2 heteroatoms. The summed E-state index contributed by atoms with van der Waals surface area (Å²) in [7, 11) is 0. The minimum atomic E-state index is -0.0515. The number of hydrogen-bond donors (Lipinski definition) is 0. The Balaban J connectivity index is 2.73. The number of nitrogens with zero attached hydrogens (tertiary/aromatic N) is 1. The summed E-state index contributed by atoms with van der Waals surface area (Å²) in [5.74, 6) is 0.201. The molecule has 0 radical (unpaired) electrons. The fourth-order valence-corrected chi connectivity index (χ4v) is 1.04. The van der Waals surface area contributed by atoms with Gasteiger partial charge in [-0.1, -0.05) is 6.08 Å². The fourth-order valence-electron chi connectivity index (χ4n) is 1.04. The highest BCUT2D eigenvalue weighted by Crippen LogP contribution is 2.19. The zero-order chi connectivity index (χ0) is 7.78. The second kappa shape index (κ2) is 2.11. The monoisotopic (exact) mass is 139 g/mol. The molecule has 0 unspecified atom stereocenters. The van der Waals surface area contributed by atoms with Crippen LogP contribution in [0, 0.1) is 0 Å². The molecule has 0 aromatic rings. The van der Waals surface area contributed by atoms with Gasteiger partial charge in [0.25, 0.3) is 0 Å². The van der Waals surface area contributed by atoms with Gasteiger partial charge in [0.05, 0.1) is 0 Å². The molecule has 0 aromatic heterocycles. The summed E-state index contributed by atoms with van der Waals surface area (Å²) in [5, 5.41) is 0. The summed E-state index contributed by atoms with van der Waals surface area (Å²) in [6.07, 6.45) is 4.33. The van der Waals surface area contributed by atoms with E-state index in [-0.39, 0.29) is 11.4 Å². The lowest BCUT2D eigenvalue weighted by atomic mass is 10.1. The smallest absolute Gasteiger partial charge is 0.230 e. The molecule has 0 saturated heterocycles. The van der Waals surface area contributed by atoms with E-state index in [1.165, 1.54) is 0 Å². The predicted octanol–water partition coefficient (Wildman–Crippen LogP) is 1.53. The van der Waals surface area contributed by atoms with Crippen molar-refractivity contribution in [2.75, 3.05) is 0 Å². The molecule has 0 atom stereocenters. The van der Waals surface area contributed by atoms with Crippen LogP contribution in [0.1, 0.15) is 27.2 Å². The second-order valence-electron chi connectivity index (χ2n) is 3.52. The molecule has 10 heavy (non-hydrogen) atoms. The number of carbonyl (C=O) groups is 1. The molecule has 0 fully saturated rings. The summed E-state index contributed by atoms with van der Waals surface area (Å²) in [4.78, 5) is 12.9. The number of amides is 1. The molecule has 0 spiro atoms. The van der Waals surface area contributed by atoms with Crippen LogP contribution < -0.4 is 0 Å². The van der Waals surface area contributed by atoms with E-state index in [2.05, 4.69) is 0 Å². The molecule has 1 aliphatic heterocycles. The summed E-state index contributed by atoms with van der Waals surface area (Å²) in [5.41, 5.74) is -0.0515. The lowest BCUT2D eigenvalue weighted by Gasteiger charge is -2.29. The third-order valence-electron chi connectivity index (χ3n) is 1.54. The van der Waals surface area contributed by atoms with Crippen LogP contribution in [0.5, 0.6) is 0 Å². The maximum absolute atomic E-state index is 11.1. The van der Waals surface area contributed by atoms with E-state index < -0.39 is 0 Å². The quantitative estimate of drug-likeness (QED) is 0.498. The van der Waals surface area contributed by atoms with Crippen LogP contribution in [0.3, 0.4) is 0 Å². The van der Waals surface area contributed by atoms with Crippen molar-refractivity contribution in [2.24, 2.45) is 0 Å². The normalized spacial score (nSPS) is 18.7. The van der Waals surface area contributed by atoms with E-state index in [4.69, 9.17) is 0 Å². The summed E-state index contributed by atoms with van der Waals surface area (Å²) >= 11 is 0. The molecule has 0 N–H and O–H groups in total. The van der Waals surface area contributed by atoms with Gasteiger partial charge in [0.1, 0.15) is 0 Å². The van der Waals surface area contributed by atoms with Crippen molar-refractivity contribution in [3.05, 3.63) is 12.3 Å². The molecule has 1 rings (SSSR count). The van der Waals surface area contributed by atoms with Gasteiger partial charge in [-0.2, -0.15) is 0 Å². The van der Waals surface area contributed by atoms with Crippen molar-refractivity contribution in [3.8, 4) is 0 Å². The number of rotatable bonds is 0. The van der Waals surface area contributed by atoms with Crippen molar-refractivity contribution in [3.63, 3.8) is 0 Å². The van der Waals surface area contributed by atoms with Crippen LogP contribution in [0.25, 0.3) is 0 Å². The first-order chi connectivity index (χ1) is 4.52. The van der Waals surface area contributed by atoms with E-state index in [0.29, 0.717) is 6.42 Å². The highest BCUT2D eigenvalue weighted by molar-refractivity contribution is 5.81. The van der Waals surface area contributed by atoms with Crippen LogP contribution in [-0.4, -0.2) is 16.3 Å². The zero-order valence-corrected chi connectivity index (χ0v) is 6.72. The van der Waals surface area contributed by atoms with Crippen molar-refractivity contribution in [1.29, 1.82) is 0 Å². The van der Waals surface area contributed by atoms with Crippen LogP contribution in [0.15, 0.2) is 12.3 Å². The third-order valence-corrected chi connectivity index (χ3v) is 1.54. The van der Waals surface area contributed by atoms with E-state index in [0.717, 1.165) is 0 Å². The van der Waals surface area contributed by atoms with E-state index in [9.17, 15) is 4.79 Å². The molecule has 0 bridgehead atoms. The fraction of sp³-hybridized carbons (Fsp3) is 0.625. The van der Waals surface area contributed by atoms with Gasteiger partial charge in [0, 0.05) is 18.2 Å². The Morgan fingerprint density at radius 1 is 1.50 bits per heavy atom. The van der Waals surface area contributed by atoms with Crippen LogP contribution in [0.4, 0.5) is 0 Å². The van der Waals surface area contributed by atoms with Crippen molar-refractivity contribution in [2.45, 2.75) is 32.7 Å². The molecule has 2 nitrogen and oxygen atoms in total. The Kier molecular flexibility index (Phi) is 1.55. The highest BCUT2D eigenvalue weighted by atomic mass is 16.2. The molecule has 0 aromatic carbocycles. The van der Waals surface area contributed by atoms with Crippen LogP contribution in [0.2, 0.25) is 0 Å². The Hall–Kier alpha value is -0.790. The Morgan fingerprint density at radius 3 is 2.30 bits per heavy atom. The van der Waals surface area contributed by atoms with Crippen LogP contribution >= 0.6 is 0 Å². The molecule has 0 saturated carbocycles. The lowest BCUT2D eigenvalue weighted by molar-refractivity contribution is -0.130. The maximum Gasteiger partial charge on any atom is 0.230 e. The van der Waals surface area contributed by atoms with E-state index >= 15 is 0 Å². The van der Waals surface area contributed by atoms with Gasteiger partial charge in [-0.05, 0) is 20.8 Å². The molecule has 56 valence electrons. The molecular weight excluding hydrogens is 126 g/mol. The summed E-state index contributed by atoms with van der Waals surface area (Å²) < 4.78 is 0. The number of hydrogen-bond acceptors (Lipinski definition) is 1. The van der Waals surface area contributed by atoms with Gasteiger partial charge in [-0.15, -0.1) is 0 Å². The van der Waals surface area contributed by atoms with Gasteiger partial charge < -0.3 is 4.90 Å². The van der Waals surface area contributed by atoms with Gasteiger partial charge in [0.2, 0.25) is 5.91 Å². The average molecular weight is 139 g/mol. The topological polar surface area (TPSA) is 20.3 Å². The van der Waals surface area contributed by atoms with Gasteiger partial charge in [-0.3, -0.25) is 4.79 Å². The largest absolute Gasteiger partial charge is 0.314 e. The third kappa shape index (κ3) is 1.20. The van der Waals surface area contributed by atoms with E-state index in [1.807, 2.05) is 33.0 Å². The minimum absolute atomic E-state index is 0.0515. The molecule has 0 aliphatic carbocycles. The first-order valence-electron chi connectivity index (χ1n) is 3.50. The molecule has 1 heterocycles. The van der Waals surface area contributed by atoms with Crippen molar-refractivity contribution in [1.82, 2.24) is 4.90 Å². The molecular formula is C8H13NO. The van der Waals surface area contributed by atoms with Gasteiger partial charge >= 0.3 is 0 Å². The minimum Gasteiger partial charge on any atom is -0.314 e. The van der Waals surface area contributed by atoms with Crippen molar-refractivity contribution >= 4 is 5.91 Å². The van der Waals surface area contributed by atoms with Gasteiger partial charge in [0.15, 0.2) is 0 Å². The number of carbonyl (C=O) groups excluding carboxylic acids is 1. The first-order valence-corrected chi connectivity index (χ1v) is 3.50. The maximum atomic E-state index is 11.1. The Morgan fingerprint density at radius 2 is 2.10 bits per heavy atom. The van der Waals surface area contributed by atoms with Crippen LogP contribution in [-0.2, 0) is 4.79 Å². The van der Waals surface area contributed by atoms with Gasteiger partial charge in [-0.25, -0.2) is 0 Å². The Labute approximate surface area is 61.5 Å². The van der Waals surface area contributed by atoms with Crippen molar-refractivity contribution < 1.29 is 4.79 Å².